The van der Waals surface area contributed by atoms with E-state index in [0.717, 1.165) is 0 Å². The zero-order chi connectivity index (χ0) is 8.91. The van der Waals surface area contributed by atoms with Gasteiger partial charge in [-0.05, 0) is 26.5 Å². The highest BCUT2D eigenvalue weighted by Crippen LogP contribution is 2.07. The van der Waals surface area contributed by atoms with Gasteiger partial charge in [-0.2, -0.15) is 16.0 Å². The molecule has 0 atom stereocenters. The van der Waals surface area contributed by atoms with Crippen molar-refractivity contribution in [3.63, 3.8) is 0 Å². The van der Waals surface area contributed by atoms with Crippen molar-refractivity contribution >= 4 is 19.2 Å². The molecule has 0 bridgehead atoms. The number of halogens is 1. The van der Waals surface area contributed by atoms with Crippen molar-refractivity contribution in [2.45, 2.75) is 32.9 Å². The van der Waals surface area contributed by atoms with Crippen LogP contribution in [-0.4, -0.2) is 13.7 Å². The van der Waals surface area contributed by atoms with Gasteiger partial charge in [-0.1, -0.05) is 6.55 Å². The summed E-state index contributed by atoms with van der Waals surface area (Å²) in [6.45, 7) is 7.70. The molecule has 2 nitrogen and oxygen atoms in total. The first-order chi connectivity index (χ1) is 4.92. The average Bonchev–Trinajstić information content (AvgIpc) is 1.78. The van der Waals surface area contributed by atoms with Crippen molar-refractivity contribution in [2.75, 3.05) is 0 Å². The SMILES string of the molecule is C[Si](Cl)C=COOC(C)(C)C. The Bertz CT molecular complexity index is 129. The normalized spacial score (nSPS) is 12.9. The van der Waals surface area contributed by atoms with Gasteiger partial charge in [-0.15, -0.1) is 0 Å². The van der Waals surface area contributed by atoms with E-state index in [9.17, 15) is 0 Å². The minimum Gasteiger partial charge on any atom is -0.346 e. The predicted octanol–water partition coefficient (Wildman–Crippen LogP) is 2.65. The lowest BCUT2D eigenvalue weighted by atomic mass is 10.2. The maximum absolute atomic E-state index is 5.71. The van der Waals surface area contributed by atoms with E-state index in [2.05, 4.69) is 0 Å². The van der Waals surface area contributed by atoms with Crippen LogP contribution in [0.25, 0.3) is 0 Å². The molecule has 11 heavy (non-hydrogen) atoms. The van der Waals surface area contributed by atoms with Crippen LogP contribution in [0.1, 0.15) is 20.8 Å². The minimum absolute atomic E-state index is 0.267. The molecule has 0 amide bonds. The summed E-state index contributed by atoms with van der Waals surface area (Å²) in [5.41, 5.74) is 1.54. The largest absolute Gasteiger partial charge is 0.346 e. The summed E-state index contributed by atoms with van der Waals surface area (Å²) in [5.74, 6) is 0. The fourth-order valence-electron chi connectivity index (χ4n) is 0.294. The summed E-state index contributed by atoms with van der Waals surface area (Å²) >= 11 is 5.71. The van der Waals surface area contributed by atoms with Crippen molar-refractivity contribution in [3.8, 4) is 0 Å². The van der Waals surface area contributed by atoms with Gasteiger partial charge >= 0.3 is 0 Å². The van der Waals surface area contributed by atoms with E-state index in [1.807, 2.05) is 27.3 Å². The molecule has 0 saturated heterocycles. The van der Waals surface area contributed by atoms with Crippen LogP contribution in [0, 0.1) is 0 Å². The third-order valence-corrected chi connectivity index (χ3v) is 1.62. The number of hydrogen-bond acceptors (Lipinski definition) is 2. The van der Waals surface area contributed by atoms with Gasteiger partial charge in [0, 0.05) is 0 Å². The number of rotatable bonds is 3. The molecule has 0 saturated carbocycles. The van der Waals surface area contributed by atoms with Gasteiger partial charge in [0.05, 0.1) is 0 Å². The van der Waals surface area contributed by atoms with Gasteiger partial charge in [0.25, 0.3) is 0 Å². The van der Waals surface area contributed by atoms with E-state index >= 15 is 0 Å². The molecule has 0 aromatic carbocycles. The molecule has 65 valence electrons. The van der Waals surface area contributed by atoms with Crippen LogP contribution in [-0.2, 0) is 9.78 Å². The highest BCUT2D eigenvalue weighted by molar-refractivity contribution is 7.09. The quantitative estimate of drug-likeness (QED) is 0.226. The van der Waals surface area contributed by atoms with Crippen LogP contribution in [0.2, 0.25) is 6.55 Å². The first kappa shape index (κ1) is 11.0. The van der Waals surface area contributed by atoms with E-state index in [1.54, 1.807) is 5.70 Å². The van der Waals surface area contributed by atoms with Gasteiger partial charge in [-0.25, -0.2) is 0 Å². The summed E-state index contributed by atoms with van der Waals surface area (Å²) < 4.78 is 0. The highest BCUT2D eigenvalue weighted by Gasteiger charge is 2.10. The van der Waals surface area contributed by atoms with Crippen LogP contribution in [0.4, 0.5) is 0 Å². The Morgan fingerprint density at radius 3 is 2.27 bits per heavy atom. The molecule has 4 heteroatoms. The smallest absolute Gasteiger partial charge is 0.192 e. The van der Waals surface area contributed by atoms with E-state index in [4.69, 9.17) is 20.9 Å². The molecule has 0 spiro atoms. The van der Waals surface area contributed by atoms with Gasteiger partial charge in [0.15, 0.2) is 8.11 Å². The lowest BCUT2D eigenvalue weighted by Crippen LogP contribution is -2.17. The van der Waals surface area contributed by atoms with E-state index in [1.165, 1.54) is 6.26 Å². The predicted molar refractivity (Wildman–Crippen MR) is 48.5 cm³/mol. The lowest BCUT2D eigenvalue weighted by Gasteiger charge is -2.15. The molecule has 0 aromatic heterocycles. The second-order valence-corrected chi connectivity index (χ2v) is 6.48. The summed E-state index contributed by atoms with van der Waals surface area (Å²) in [4.78, 5) is 9.72. The standard InChI is InChI=1S/C7H14ClO2Si/c1-7(2,3)10-9-5-6-11(4)8/h5-6H,1-4H3. The first-order valence-electron chi connectivity index (χ1n) is 3.42. The maximum Gasteiger partial charge on any atom is 0.192 e. The molecule has 0 aliphatic rings. The van der Waals surface area contributed by atoms with Gasteiger partial charge in [-0.3, -0.25) is 0 Å². The van der Waals surface area contributed by atoms with Crippen LogP contribution in [0.3, 0.4) is 0 Å². The van der Waals surface area contributed by atoms with Crippen molar-refractivity contribution in [3.05, 3.63) is 12.0 Å². The van der Waals surface area contributed by atoms with Crippen molar-refractivity contribution in [1.29, 1.82) is 0 Å². The summed E-state index contributed by atoms with van der Waals surface area (Å²) in [5, 5.41) is 0. The monoisotopic (exact) mass is 193 g/mol. The highest BCUT2D eigenvalue weighted by atomic mass is 35.6. The molecule has 0 heterocycles. The van der Waals surface area contributed by atoms with Gasteiger partial charge < -0.3 is 4.89 Å². The summed E-state index contributed by atoms with van der Waals surface area (Å²) in [6, 6.07) is 0. The van der Waals surface area contributed by atoms with Crippen LogP contribution < -0.4 is 0 Å². The number of hydrogen-bond donors (Lipinski definition) is 0. The van der Waals surface area contributed by atoms with Crippen molar-refractivity contribution in [2.24, 2.45) is 0 Å². The molecule has 0 N–H and O–H groups in total. The maximum atomic E-state index is 5.71. The van der Waals surface area contributed by atoms with E-state index in [0.29, 0.717) is 0 Å². The Kier molecular flexibility index (Phi) is 4.80. The Morgan fingerprint density at radius 1 is 1.36 bits per heavy atom. The fourth-order valence-corrected chi connectivity index (χ4v) is 0.691. The molecule has 0 aromatic rings. The van der Waals surface area contributed by atoms with Crippen LogP contribution >= 0.6 is 11.1 Å². The van der Waals surface area contributed by atoms with Crippen molar-refractivity contribution < 1.29 is 9.78 Å². The molecule has 0 aliphatic carbocycles. The Balaban J connectivity index is 3.42. The first-order valence-corrected chi connectivity index (χ1v) is 6.51. The van der Waals surface area contributed by atoms with E-state index in [-0.39, 0.29) is 5.60 Å². The minimum atomic E-state index is -0.865. The van der Waals surface area contributed by atoms with Crippen LogP contribution in [0.15, 0.2) is 12.0 Å². The van der Waals surface area contributed by atoms with Crippen molar-refractivity contribution in [1.82, 2.24) is 0 Å². The molecule has 0 fully saturated rings. The zero-order valence-electron chi connectivity index (χ0n) is 7.35. The molecule has 0 unspecified atom stereocenters. The topological polar surface area (TPSA) is 18.5 Å². The summed E-state index contributed by atoms with van der Waals surface area (Å²) in [7, 11) is -0.865. The second-order valence-electron chi connectivity index (χ2n) is 3.18. The molecular formula is C7H14ClO2Si. The van der Waals surface area contributed by atoms with Gasteiger partial charge in [0.1, 0.15) is 11.9 Å². The average molecular weight is 194 g/mol. The zero-order valence-corrected chi connectivity index (χ0v) is 9.11. The molecule has 1 radical (unpaired) electrons. The molecule has 0 aliphatic heterocycles. The Hall–Kier alpha value is 0.00688. The third-order valence-electron chi connectivity index (χ3n) is 0.651. The Labute approximate surface area is 74.4 Å². The fraction of sp³-hybridized carbons (Fsp3) is 0.714. The lowest BCUT2D eigenvalue weighted by molar-refractivity contribution is -0.310. The second kappa shape index (κ2) is 4.80. The molecule has 0 rings (SSSR count). The van der Waals surface area contributed by atoms with Gasteiger partial charge in [0.2, 0.25) is 0 Å². The third kappa shape index (κ3) is 10.0. The Morgan fingerprint density at radius 2 is 1.91 bits per heavy atom. The van der Waals surface area contributed by atoms with Crippen LogP contribution in [0.5, 0.6) is 0 Å². The molecular weight excluding hydrogens is 180 g/mol. The van der Waals surface area contributed by atoms with E-state index < -0.39 is 8.11 Å². The summed E-state index contributed by atoms with van der Waals surface area (Å²) in [6.07, 6.45) is 1.49.